The highest BCUT2D eigenvalue weighted by atomic mass is 79.9. The Kier molecular flexibility index (Phi) is 4.33. The monoisotopic (exact) mass is 446 g/mol. The largest absolute Gasteiger partial charge is 0.294 e. The molecule has 0 saturated carbocycles. The third-order valence-corrected chi connectivity index (χ3v) is 4.65. The van der Waals surface area contributed by atoms with Gasteiger partial charge in [0.25, 0.3) is 0 Å². The number of aromatic nitrogens is 2. The summed E-state index contributed by atoms with van der Waals surface area (Å²) in [5.41, 5.74) is 2.71. The maximum Gasteiger partial charge on any atom is 0.132 e. The molecule has 0 fully saturated rings. The Morgan fingerprint density at radius 3 is 2.48 bits per heavy atom. The van der Waals surface area contributed by atoms with E-state index in [2.05, 4.69) is 36.8 Å². The van der Waals surface area contributed by atoms with Gasteiger partial charge in [-0.1, -0.05) is 43.5 Å². The zero-order chi connectivity index (χ0) is 15.1. The molecular formula is C15H10Br2Cl2N2. The van der Waals surface area contributed by atoms with Gasteiger partial charge in [0.15, 0.2) is 0 Å². The third kappa shape index (κ3) is 2.87. The highest BCUT2D eigenvalue weighted by Crippen LogP contribution is 2.33. The third-order valence-electron chi connectivity index (χ3n) is 3.15. The number of fused-ring (bicyclic) bond motifs is 1. The van der Waals surface area contributed by atoms with Crippen LogP contribution in [0.5, 0.6) is 0 Å². The van der Waals surface area contributed by atoms with Gasteiger partial charge in [-0.3, -0.25) is 4.57 Å². The number of hydrogen-bond acceptors (Lipinski definition) is 1. The van der Waals surface area contributed by atoms with E-state index in [1.807, 2.05) is 47.9 Å². The Morgan fingerprint density at radius 2 is 1.76 bits per heavy atom. The fourth-order valence-electron chi connectivity index (χ4n) is 2.25. The highest BCUT2D eigenvalue weighted by Gasteiger charge is 2.18. The molecule has 108 valence electrons. The van der Waals surface area contributed by atoms with Crippen molar-refractivity contribution in [1.82, 2.24) is 9.55 Å². The average Bonchev–Trinajstić information content (AvgIpc) is 2.80. The molecule has 0 aliphatic heterocycles. The van der Waals surface area contributed by atoms with Crippen molar-refractivity contribution in [3.8, 4) is 5.69 Å². The van der Waals surface area contributed by atoms with Gasteiger partial charge in [-0.25, -0.2) is 4.98 Å². The predicted molar refractivity (Wildman–Crippen MR) is 95.7 cm³/mol. The minimum atomic E-state index is -0.230. The summed E-state index contributed by atoms with van der Waals surface area (Å²) >= 11 is 19.6. The molecule has 0 radical (unpaired) electrons. The molecule has 3 rings (SSSR count). The molecule has 0 aliphatic rings. The number of hydrogen-bond donors (Lipinski definition) is 0. The number of benzene rings is 2. The number of imidazole rings is 1. The minimum Gasteiger partial charge on any atom is -0.294 e. The van der Waals surface area contributed by atoms with Crippen LogP contribution in [0.4, 0.5) is 0 Å². The minimum absolute atomic E-state index is 0.230. The van der Waals surface area contributed by atoms with Gasteiger partial charge in [0.05, 0.1) is 27.1 Å². The second kappa shape index (κ2) is 5.92. The van der Waals surface area contributed by atoms with Crippen LogP contribution in [0.2, 0.25) is 5.02 Å². The first-order valence-corrected chi connectivity index (χ1v) is 8.65. The number of nitrogens with zero attached hydrogens (tertiary/aromatic N) is 2. The summed E-state index contributed by atoms with van der Waals surface area (Å²) in [5, 5.41) is 0.421. The van der Waals surface area contributed by atoms with E-state index in [0.29, 0.717) is 5.02 Å². The van der Waals surface area contributed by atoms with Crippen molar-refractivity contribution in [2.24, 2.45) is 0 Å². The number of halogens is 4. The molecule has 0 bridgehead atoms. The Hall–Kier alpha value is -0.550. The van der Waals surface area contributed by atoms with Crippen molar-refractivity contribution in [2.75, 3.05) is 0 Å². The standard InChI is InChI=1S/C15H10Br2Cl2N2/c1-8(18)15-20-12-6-9(16)3-5-13(12)21(15)14-7-10(17)2-4-11(14)19/h2-8H,1H3. The van der Waals surface area contributed by atoms with Crippen molar-refractivity contribution in [1.29, 1.82) is 0 Å². The Bertz CT molecular complexity index is 828. The molecule has 0 saturated heterocycles. The second-order valence-corrected chi connectivity index (χ2v) is 7.54. The Balaban J connectivity index is 2.39. The van der Waals surface area contributed by atoms with Crippen LogP contribution >= 0.6 is 55.1 Å². The van der Waals surface area contributed by atoms with Crippen LogP contribution in [0.1, 0.15) is 18.1 Å². The first-order chi connectivity index (χ1) is 9.97. The van der Waals surface area contributed by atoms with Gasteiger partial charge in [-0.2, -0.15) is 0 Å². The van der Waals surface area contributed by atoms with E-state index in [-0.39, 0.29) is 5.38 Å². The molecule has 6 heteroatoms. The van der Waals surface area contributed by atoms with Crippen molar-refractivity contribution in [2.45, 2.75) is 12.3 Å². The van der Waals surface area contributed by atoms with E-state index >= 15 is 0 Å². The molecule has 0 amide bonds. The van der Waals surface area contributed by atoms with E-state index < -0.39 is 0 Å². The zero-order valence-electron chi connectivity index (χ0n) is 10.9. The summed E-state index contributed by atoms with van der Waals surface area (Å²) in [7, 11) is 0. The van der Waals surface area contributed by atoms with E-state index in [1.54, 1.807) is 0 Å². The predicted octanol–water partition coefficient (Wildman–Crippen LogP) is 6.50. The van der Waals surface area contributed by atoms with Gasteiger partial charge < -0.3 is 0 Å². The molecule has 0 N–H and O–H groups in total. The van der Waals surface area contributed by atoms with E-state index in [1.165, 1.54) is 0 Å². The molecule has 1 aromatic heterocycles. The topological polar surface area (TPSA) is 17.8 Å². The lowest BCUT2D eigenvalue weighted by Gasteiger charge is -2.12. The lowest BCUT2D eigenvalue weighted by molar-refractivity contribution is 0.882. The van der Waals surface area contributed by atoms with Crippen molar-refractivity contribution in [3.05, 3.63) is 56.2 Å². The van der Waals surface area contributed by atoms with E-state index in [0.717, 1.165) is 31.5 Å². The van der Waals surface area contributed by atoms with Crippen molar-refractivity contribution >= 4 is 66.1 Å². The average molecular weight is 449 g/mol. The molecule has 21 heavy (non-hydrogen) atoms. The summed E-state index contributed by atoms with van der Waals surface area (Å²) in [6.45, 7) is 1.90. The maximum atomic E-state index is 6.37. The maximum absolute atomic E-state index is 6.37. The molecule has 1 atom stereocenters. The van der Waals surface area contributed by atoms with Crippen LogP contribution < -0.4 is 0 Å². The summed E-state index contributed by atoms with van der Waals surface area (Å²) in [6.07, 6.45) is 0. The molecule has 2 aromatic carbocycles. The van der Waals surface area contributed by atoms with Crippen LogP contribution in [0.15, 0.2) is 45.3 Å². The first kappa shape index (κ1) is 15.3. The van der Waals surface area contributed by atoms with Gasteiger partial charge in [0.1, 0.15) is 5.82 Å². The molecule has 0 aliphatic carbocycles. The fraction of sp³-hybridized carbons (Fsp3) is 0.133. The Labute approximate surface area is 149 Å². The summed E-state index contributed by atoms with van der Waals surface area (Å²) in [6, 6.07) is 11.7. The first-order valence-electron chi connectivity index (χ1n) is 6.25. The number of rotatable bonds is 2. The summed E-state index contributed by atoms with van der Waals surface area (Å²) < 4.78 is 3.94. The molecule has 2 nitrogen and oxygen atoms in total. The lowest BCUT2D eigenvalue weighted by atomic mass is 10.2. The summed E-state index contributed by atoms with van der Waals surface area (Å²) in [5.74, 6) is 0.768. The molecule has 0 spiro atoms. The van der Waals surface area contributed by atoms with Crippen molar-refractivity contribution in [3.63, 3.8) is 0 Å². The highest BCUT2D eigenvalue weighted by molar-refractivity contribution is 9.10. The van der Waals surface area contributed by atoms with Gasteiger partial charge in [-0.05, 0) is 43.3 Å². The van der Waals surface area contributed by atoms with E-state index in [9.17, 15) is 0 Å². The lowest BCUT2D eigenvalue weighted by Crippen LogP contribution is -2.02. The molecule has 3 aromatic rings. The quantitative estimate of drug-likeness (QED) is 0.409. The molecule has 1 unspecified atom stereocenters. The summed E-state index contributed by atoms with van der Waals surface area (Å²) in [4.78, 5) is 4.65. The van der Waals surface area contributed by atoms with Gasteiger partial charge in [0.2, 0.25) is 0 Å². The van der Waals surface area contributed by atoms with Crippen LogP contribution in [0, 0.1) is 0 Å². The molecule has 1 heterocycles. The normalized spacial score (nSPS) is 12.8. The van der Waals surface area contributed by atoms with Crippen LogP contribution in [0.3, 0.4) is 0 Å². The van der Waals surface area contributed by atoms with E-state index in [4.69, 9.17) is 23.2 Å². The smallest absolute Gasteiger partial charge is 0.132 e. The van der Waals surface area contributed by atoms with Crippen LogP contribution in [0.25, 0.3) is 16.7 Å². The molecular weight excluding hydrogens is 439 g/mol. The second-order valence-electron chi connectivity index (χ2n) is 4.65. The van der Waals surface area contributed by atoms with Gasteiger partial charge >= 0.3 is 0 Å². The van der Waals surface area contributed by atoms with Gasteiger partial charge in [0, 0.05) is 8.95 Å². The number of alkyl halides is 1. The van der Waals surface area contributed by atoms with Gasteiger partial charge in [-0.15, -0.1) is 11.6 Å². The van der Waals surface area contributed by atoms with Crippen molar-refractivity contribution < 1.29 is 0 Å². The Morgan fingerprint density at radius 1 is 1.10 bits per heavy atom. The SMILES string of the molecule is CC(Cl)c1nc2cc(Br)ccc2n1-c1cc(Br)ccc1Cl. The van der Waals surface area contributed by atoms with Crippen LogP contribution in [-0.4, -0.2) is 9.55 Å². The van der Waals surface area contributed by atoms with Crippen LogP contribution in [-0.2, 0) is 0 Å². The zero-order valence-corrected chi connectivity index (χ0v) is 15.6. The fourth-order valence-corrected chi connectivity index (χ4v) is 3.30.